The maximum atomic E-state index is 14.7. The molecule has 4 aromatic rings. The van der Waals surface area contributed by atoms with Gasteiger partial charge < -0.3 is 41.1 Å². The van der Waals surface area contributed by atoms with E-state index in [0.29, 0.717) is 72.0 Å². The van der Waals surface area contributed by atoms with Gasteiger partial charge in [0.05, 0.1) is 45.8 Å². The van der Waals surface area contributed by atoms with E-state index in [1.54, 1.807) is 34.9 Å². The molecule has 2 aromatic carbocycles. The molecule has 5 N–H and O–H groups in total. The van der Waals surface area contributed by atoms with Gasteiger partial charge in [0.1, 0.15) is 35.1 Å². The van der Waals surface area contributed by atoms with Crippen molar-refractivity contribution in [2.45, 2.75) is 133 Å². The molecule has 0 spiro atoms. The number of carbonyl (C=O) groups is 5. The van der Waals surface area contributed by atoms with Crippen molar-refractivity contribution in [3.63, 3.8) is 0 Å². The summed E-state index contributed by atoms with van der Waals surface area (Å²) < 4.78 is 21.2. The van der Waals surface area contributed by atoms with Gasteiger partial charge in [-0.3, -0.25) is 24.0 Å². The number of nitrogens with two attached hydrogens (primary N) is 1. The third-order valence-corrected chi connectivity index (χ3v) is 17.2. The summed E-state index contributed by atoms with van der Waals surface area (Å²) in [5, 5.41) is 9.56. The fraction of sp³-hybridized carbons (Fsp3) is 0.547. The van der Waals surface area contributed by atoms with Crippen LogP contribution in [0, 0.1) is 23.7 Å². The van der Waals surface area contributed by atoms with Crippen LogP contribution in [0.25, 0.3) is 10.4 Å². The number of rotatable bonds is 18. The number of aryl methyl sites for hydroxylation is 1. The average molecular weight is 1060 g/mol. The highest BCUT2D eigenvalue weighted by Gasteiger charge is 2.53. The zero-order valence-electron chi connectivity index (χ0n) is 42.4. The fourth-order valence-corrected chi connectivity index (χ4v) is 11.5. The first-order valence-electron chi connectivity index (χ1n) is 25.4. The summed E-state index contributed by atoms with van der Waals surface area (Å²) in [6, 6.07) is 9.51. The van der Waals surface area contributed by atoms with E-state index in [2.05, 4.69) is 42.7 Å². The molecule has 3 aliphatic heterocycles. The minimum absolute atomic E-state index is 0.138. The SMILES string of the molecule is Cc1ncsc1-c1ccc(CNC(=O)[C@@H]2CCCN2C(=O)[C@@H](NC(=O)C2(F)CC2)C(C)(C)C)c(OCCC2CCN(C(=O)CC(=O)Nc3cccc(Sc4cnc(N5CCC(C)(CN)CC5)cn4)c3Cl)CC2)c1. The molecule has 392 valence electrons. The van der Waals surface area contributed by atoms with Crippen LogP contribution in [-0.4, -0.2) is 118 Å². The second-order valence-corrected chi connectivity index (χ2v) is 23.7. The molecule has 1 aliphatic carbocycles. The molecule has 5 amide bonds. The Morgan fingerprint density at radius 2 is 1.74 bits per heavy atom. The number of nitrogens with one attached hydrogen (secondary N) is 3. The van der Waals surface area contributed by atoms with Crippen molar-refractivity contribution in [3.05, 3.63) is 70.6 Å². The quantitative estimate of drug-likeness (QED) is 0.0701. The molecule has 0 unspecified atom stereocenters. The number of aromatic nitrogens is 3. The van der Waals surface area contributed by atoms with Crippen molar-refractivity contribution >= 4 is 75.7 Å². The van der Waals surface area contributed by atoms with Gasteiger partial charge in [0.25, 0.3) is 5.91 Å². The van der Waals surface area contributed by atoms with E-state index in [4.69, 9.17) is 22.1 Å². The highest BCUT2D eigenvalue weighted by molar-refractivity contribution is 7.99. The monoisotopic (exact) mass is 1060 g/mol. The number of halogens is 2. The Labute approximate surface area is 440 Å². The third-order valence-electron chi connectivity index (χ3n) is 14.8. The van der Waals surface area contributed by atoms with Crippen LogP contribution in [0.5, 0.6) is 5.75 Å². The maximum Gasteiger partial charge on any atom is 0.258 e. The van der Waals surface area contributed by atoms with Crippen LogP contribution < -0.4 is 31.3 Å². The summed E-state index contributed by atoms with van der Waals surface area (Å²) in [4.78, 5) is 88.0. The van der Waals surface area contributed by atoms with E-state index in [1.807, 2.05) is 52.0 Å². The summed E-state index contributed by atoms with van der Waals surface area (Å²) in [5.74, 6) is -0.445. The Bertz CT molecular complexity index is 2650. The number of likely N-dealkylation sites (tertiary alicyclic amines) is 2. The summed E-state index contributed by atoms with van der Waals surface area (Å²) in [6.07, 6.45) is 8.81. The Kier molecular flexibility index (Phi) is 17.0. The van der Waals surface area contributed by atoms with Crippen LogP contribution in [0.1, 0.15) is 103 Å². The molecule has 20 heteroatoms. The highest BCUT2D eigenvalue weighted by Crippen LogP contribution is 2.41. The van der Waals surface area contributed by atoms with Gasteiger partial charge in [-0.05, 0) is 112 Å². The molecular weight excluding hydrogens is 991 g/mol. The van der Waals surface area contributed by atoms with Gasteiger partial charge in [0.15, 0.2) is 5.67 Å². The summed E-state index contributed by atoms with van der Waals surface area (Å²) >= 11 is 9.66. The first-order chi connectivity index (χ1) is 34.8. The van der Waals surface area contributed by atoms with Crippen LogP contribution in [0.3, 0.4) is 0 Å². The molecule has 16 nitrogen and oxygen atoms in total. The first-order valence-corrected chi connectivity index (χ1v) is 27.5. The number of thiazole rings is 1. The Hall–Kier alpha value is -5.37. The van der Waals surface area contributed by atoms with Crippen LogP contribution in [0.4, 0.5) is 15.9 Å². The molecule has 2 aromatic heterocycles. The van der Waals surface area contributed by atoms with Crippen molar-refractivity contribution in [2.24, 2.45) is 22.5 Å². The van der Waals surface area contributed by atoms with Crippen molar-refractivity contribution in [1.82, 2.24) is 35.4 Å². The van der Waals surface area contributed by atoms with Crippen LogP contribution in [-0.2, 0) is 30.5 Å². The number of hydrogen-bond donors (Lipinski definition) is 4. The molecule has 4 aliphatic rings. The van der Waals surface area contributed by atoms with E-state index >= 15 is 0 Å². The van der Waals surface area contributed by atoms with E-state index in [9.17, 15) is 28.4 Å². The second kappa shape index (κ2) is 23.0. The summed E-state index contributed by atoms with van der Waals surface area (Å²) in [5.41, 5.74) is 8.32. The second-order valence-electron chi connectivity index (χ2n) is 21.4. The van der Waals surface area contributed by atoms with Gasteiger partial charge in [-0.25, -0.2) is 19.3 Å². The van der Waals surface area contributed by atoms with Gasteiger partial charge in [-0.1, -0.05) is 69.3 Å². The first kappa shape index (κ1) is 53.9. The minimum Gasteiger partial charge on any atom is -0.493 e. The van der Waals surface area contributed by atoms with E-state index in [-0.39, 0.29) is 49.0 Å². The van der Waals surface area contributed by atoms with Crippen LogP contribution >= 0.6 is 34.7 Å². The number of anilines is 2. The topological polar surface area (TPSA) is 205 Å². The third kappa shape index (κ3) is 13.3. The molecule has 0 radical (unpaired) electrons. The predicted octanol–water partition coefficient (Wildman–Crippen LogP) is 7.95. The zero-order chi connectivity index (χ0) is 52.1. The number of nitrogens with zero attached hydrogens (tertiary/aromatic N) is 6. The molecule has 0 bridgehead atoms. The molecular formula is C53H68ClFN10O6S2. The van der Waals surface area contributed by atoms with Gasteiger partial charge in [0.2, 0.25) is 23.6 Å². The van der Waals surface area contributed by atoms with Crippen molar-refractivity contribution in [2.75, 3.05) is 56.1 Å². The van der Waals surface area contributed by atoms with Crippen LogP contribution in [0.2, 0.25) is 5.02 Å². The molecule has 8 rings (SSSR count). The average Bonchev–Trinajstić information content (AvgIpc) is 3.69. The predicted molar refractivity (Wildman–Crippen MR) is 282 cm³/mol. The molecule has 1 saturated carbocycles. The van der Waals surface area contributed by atoms with E-state index in [1.165, 1.54) is 28.0 Å². The lowest BCUT2D eigenvalue weighted by molar-refractivity contribution is -0.144. The molecule has 73 heavy (non-hydrogen) atoms. The van der Waals surface area contributed by atoms with Crippen LogP contribution in [0.15, 0.2) is 64.2 Å². The van der Waals surface area contributed by atoms with Gasteiger partial charge >= 0.3 is 0 Å². The number of amides is 5. The number of piperidine rings is 2. The summed E-state index contributed by atoms with van der Waals surface area (Å²) in [6.45, 7) is 14.0. The Morgan fingerprint density at radius 3 is 2.40 bits per heavy atom. The zero-order valence-corrected chi connectivity index (χ0v) is 44.8. The number of ether oxygens (including phenoxy) is 1. The smallest absolute Gasteiger partial charge is 0.258 e. The van der Waals surface area contributed by atoms with E-state index in [0.717, 1.165) is 72.7 Å². The van der Waals surface area contributed by atoms with Gasteiger partial charge in [-0.15, -0.1) is 11.3 Å². The van der Waals surface area contributed by atoms with Gasteiger partial charge in [-0.2, -0.15) is 0 Å². The number of carbonyl (C=O) groups excluding carboxylic acids is 5. The Balaban J connectivity index is 0.807. The number of hydrogen-bond acceptors (Lipinski definition) is 13. The molecule has 3 saturated heterocycles. The summed E-state index contributed by atoms with van der Waals surface area (Å²) in [7, 11) is 0. The number of benzene rings is 2. The van der Waals surface area contributed by atoms with Crippen molar-refractivity contribution in [1.29, 1.82) is 0 Å². The normalized spacial score (nSPS) is 19.0. The molecule has 2 atom stereocenters. The Morgan fingerprint density at radius 1 is 0.986 bits per heavy atom. The fourth-order valence-electron chi connectivity index (χ4n) is 9.62. The van der Waals surface area contributed by atoms with Crippen molar-refractivity contribution < 1.29 is 33.1 Å². The van der Waals surface area contributed by atoms with Gasteiger partial charge in [0, 0.05) is 49.7 Å². The molecule has 4 fully saturated rings. The minimum atomic E-state index is -1.93. The lowest BCUT2D eigenvalue weighted by Gasteiger charge is -2.39. The lowest BCUT2D eigenvalue weighted by Crippen LogP contribution is -2.58. The molecule has 5 heterocycles. The van der Waals surface area contributed by atoms with Crippen molar-refractivity contribution in [3.8, 4) is 16.2 Å². The standard InChI is InChI=1S/C53H68ClFN10O6S2/c1-33-46(72-32-60-33)35-11-12-36(28-59-48(68)38-9-7-20-65(38)49(69)47(51(2,3)4)62-50(70)53(55)16-17-53)39(26-35)71-25-15-34-13-21-64(22-14-34)44(67)27-42(66)61-37-8-6-10-40(45(37)54)73-43-30-57-41(29-58-43)63-23-18-52(5,31-56)19-24-63/h6,8,10-12,26,29-30,32,34,38,47H,7,9,13-25,27-28,31,56H2,1-5H3,(H,59,68)(H,61,66)(H,62,70)/t38-,47+/m0/s1. The largest absolute Gasteiger partial charge is 0.493 e. The number of alkyl halides is 1. The maximum absolute atomic E-state index is 14.7. The van der Waals surface area contributed by atoms with E-state index < -0.39 is 40.9 Å². The lowest BCUT2D eigenvalue weighted by atomic mass is 9.80. The highest BCUT2D eigenvalue weighted by atomic mass is 35.5.